The average molecular weight is 532 g/mol. The Morgan fingerprint density at radius 2 is 2.08 bits per heavy atom. The van der Waals surface area contributed by atoms with E-state index in [1.807, 2.05) is 6.92 Å². The minimum Gasteiger partial charge on any atom is -0.471 e. The van der Waals surface area contributed by atoms with Gasteiger partial charge in [0.05, 0.1) is 5.69 Å². The van der Waals surface area contributed by atoms with Crippen molar-refractivity contribution in [3.63, 3.8) is 0 Å². The van der Waals surface area contributed by atoms with E-state index in [0.29, 0.717) is 21.7 Å². The van der Waals surface area contributed by atoms with Crippen LogP contribution in [0.3, 0.4) is 0 Å². The summed E-state index contributed by atoms with van der Waals surface area (Å²) < 4.78 is 34.0. The second-order valence-electron chi connectivity index (χ2n) is 8.44. The van der Waals surface area contributed by atoms with E-state index in [1.54, 1.807) is 24.4 Å². The Balaban J connectivity index is 1.41. The first-order chi connectivity index (χ1) is 17.2. The van der Waals surface area contributed by atoms with Crippen molar-refractivity contribution in [2.45, 2.75) is 38.8 Å². The molecule has 36 heavy (non-hydrogen) atoms. The van der Waals surface area contributed by atoms with E-state index in [2.05, 4.69) is 15.4 Å². The van der Waals surface area contributed by atoms with Gasteiger partial charge in [-0.15, -0.1) is 11.3 Å². The second kappa shape index (κ2) is 9.47. The lowest BCUT2D eigenvalue weighted by atomic mass is 10.0. The van der Waals surface area contributed by atoms with Crippen LogP contribution in [0.25, 0.3) is 10.2 Å². The topological polar surface area (TPSA) is 112 Å². The number of carbonyl (C=O) groups is 2. The zero-order valence-corrected chi connectivity index (χ0v) is 20.5. The highest BCUT2D eigenvalue weighted by atomic mass is 35.5. The molecule has 12 heteroatoms. The molecule has 3 N–H and O–H groups in total. The fraction of sp³-hybridized carbons (Fsp3) is 0.250. The monoisotopic (exact) mass is 531 g/mol. The number of amides is 2. The van der Waals surface area contributed by atoms with Gasteiger partial charge in [-0.05, 0) is 67.1 Å². The minimum absolute atomic E-state index is 0.0417. The van der Waals surface area contributed by atoms with Gasteiger partial charge in [0, 0.05) is 16.6 Å². The summed E-state index contributed by atoms with van der Waals surface area (Å²) in [6.45, 7) is 1.91. The van der Waals surface area contributed by atoms with Crippen molar-refractivity contribution in [2.24, 2.45) is 5.73 Å². The Morgan fingerprint density at radius 1 is 1.31 bits per heavy atom. The Hall–Kier alpha value is -3.57. The molecular weight excluding hydrogens is 512 g/mol. The Kier molecular flexibility index (Phi) is 6.35. The molecule has 8 nitrogen and oxygen atoms in total. The van der Waals surface area contributed by atoms with Gasteiger partial charge in [-0.3, -0.25) is 9.59 Å². The zero-order valence-electron chi connectivity index (χ0n) is 18.9. The number of pyridine rings is 1. The van der Waals surface area contributed by atoms with E-state index in [0.717, 1.165) is 29.7 Å². The number of alkyl halides is 2. The standard InChI is InChI=1S/C24H20ClF2N5O3S/c1-11-8-13(4-5-15(11)25)35-10-32-7-6-16(31-32)23(34)30-19-18-14(12-2-3-12)9-17(21(26)27)29-24(18)36-20(19)22(28)33/h4-9,12,21H,2-3,10H2,1H3,(H2,28,33)(H,30,34). The Morgan fingerprint density at radius 3 is 2.75 bits per heavy atom. The fourth-order valence-electron chi connectivity index (χ4n) is 3.85. The normalized spacial score (nSPS) is 13.4. The number of aromatic nitrogens is 3. The molecule has 1 aliphatic rings. The molecule has 4 aromatic rings. The van der Waals surface area contributed by atoms with Gasteiger partial charge in [0.1, 0.15) is 21.2 Å². The van der Waals surface area contributed by atoms with Crippen molar-refractivity contribution in [1.29, 1.82) is 0 Å². The van der Waals surface area contributed by atoms with Crippen LogP contribution >= 0.6 is 22.9 Å². The molecule has 0 saturated heterocycles. The summed E-state index contributed by atoms with van der Waals surface area (Å²) in [7, 11) is 0. The van der Waals surface area contributed by atoms with Crippen molar-refractivity contribution in [3.8, 4) is 5.75 Å². The fourth-order valence-corrected chi connectivity index (χ4v) is 4.99. The van der Waals surface area contributed by atoms with Gasteiger partial charge in [-0.1, -0.05) is 11.6 Å². The van der Waals surface area contributed by atoms with Crippen LogP contribution in [0.1, 0.15) is 62.2 Å². The van der Waals surface area contributed by atoms with Crippen molar-refractivity contribution in [2.75, 3.05) is 5.32 Å². The number of rotatable bonds is 8. The number of aryl methyl sites for hydroxylation is 1. The third kappa shape index (κ3) is 4.76. The summed E-state index contributed by atoms with van der Waals surface area (Å²) in [6.07, 6.45) is 0.472. The number of halogens is 3. The summed E-state index contributed by atoms with van der Waals surface area (Å²) in [5, 5.41) is 8.04. The molecule has 0 bridgehead atoms. The van der Waals surface area contributed by atoms with Gasteiger partial charge in [0.2, 0.25) is 0 Å². The molecule has 0 radical (unpaired) electrons. The van der Waals surface area contributed by atoms with E-state index < -0.39 is 18.2 Å². The van der Waals surface area contributed by atoms with Crippen LogP contribution in [0, 0.1) is 6.92 Å². The smallest absolute Gasteiger partial charge is 0.280 e. The summed E-state index contributed by atoms with van der Waals surface area (Å²) in [6, 6.07) is 8.09. The molecule has 0 unspecified atom stereocenters. The second-order valence-corrected chi connectivity index (χ2v) is 9.85. The lowest BCUT2D eigenvalue weighted by Gasteiger charge is -2.10. The number of nitrogens with one attached hydrogen (secondary N) is 1. The molecule has 5 rings (SSSR count). The van der Waals surface area contributed by atoms with E-state index in [1.165, 1.54) is 16.8 Å². The molecule has 1 saturated carbocycles. The third-order valence-corrected chi connectivity index (χ3v) is 7.30. The molecule has 3 heterocycles. The largest absolute Gasteiger partial charge is 0.471 e. The first-order valence-electron chi connectivity index (χ1n) is 11.0. The molecular formula is C24H20ClF2N5O3S. The van der Waals surface area contributed by atoms with Gasteiger partial charge in [0.25, 0.3) is 18.2 Å². The van der Waals surface area contributed by atoms with Crippen LogP contribution in [0.5, 0.6) is 5.75 Å². The number of carbonyl (C=O) groups excluding carboxylic acids is 2. The Labute approximate surface area is 213 Å². The molecule has 1 aliphatic carbocycles. The predicted octanol–water partition coefficient (Wildman–Crippen LogP) is 5.66. The summed E-state index contributed by atoms with van der Waals surface area (Å²) in [5.74, 6) is -0.715. The molecule has 1 aromatic carbocycles. The van der Waals surface area contributed by atoms with Crippen molar-refractivity contribution in [1.82, 2.24) is 14.8 Å². The predicted molar refractivity (Wildman–Crippen MR) is 132 cm³/mol. The van der Waals surface area contributed by atoms with Crippen LogP contribution in [0.2, 0.25) is 5.02 Å². The van der Waals surface area contributed by atoms with Gasteiger partial charge in [0.15, 0.2) is 12.4 Å². The molecule has 1 fully saturated rings. The number of ether oxygens (including phenoxy) is 1. The van der Waals surface area contributed by atoms with E-state index >= 15 is 0 Å². The number of benzene rings is 1. The number of nitrogens with zero attached hydrogens (tertiary/aromatic N) is 3. The van der Waals surface area contributed by atoms with Gasteiger partial charge in [-0.25, -0.2) is 18.4 Å². The average Bonchev–Trinajstić information content (AvgIpc) is 3.46. The quantitative estimate of drug-likeness (QED) is 0.305. The van der Waals surface area contributed by atoms with Crippen molar-refractivity contribution in [3.05, 3.63) is 68.9 Å². The van der Waals surface area contributed by atoms with E-state index in [-0.39, 0.29) is 39.4 Å². The van der Waals surface area contributed by atoms with Crippen molar-refractivity contribution < 1.29 is 23.1 Å². The lowest BCUT2D eigenvalue weighted by molar-refractivity contribution is 0.100. The molecule has 0 aliphatic heterocycles. The van der Waals surface area contributed by atoms with Gasteiger partial charge in [-0.2, -0.15) is 5.10 Å². The zero-order chi connectivity index (χ0) is 25.6. The van der Waals surface area contributed by atoms with Crippen molar-refractivity contribution >= 4 is 50.7 Å². The number of thiophene rings is 1. The number of primary amides is 1. The minimum atomic E-state index is -2.76. The van der Waals surface area contributed by atoms with Crippen LogP contribution in [-0.4, -0.2) is 26.6 Å². The van der Waals surface area contributed by atoms with Gasteiger partial charge >= 0.3 is 0 Å². The number of nitrogens with two attached hydrogens (primary N) is 1. The number of hydrogen-bond donors (Lipinski definition) is 2. The highest BCUT2D eigenvalue weighted by molar-refractivity contribution is 7.21. The highest BCUT2D eigenvalue weighted by Gasteiger charge is 2.32. The van der Waals surface area contributed by atoms with Gasteiger partial charge < -0.3 is 15.8 Å². The molecule has 0 spiro atoms. The molecule has 0 atom stereocenters. The maximum Gasteiger partial charge on any atom is 0.280 e. The third-order valence-electron chi connectivity index (χ3n) is 5.78. The summed E-state index contributed by atoms with van der Waals surface area (Å²) in [4.78, 5) is 29.5. The number of fused-ring (bicyclic) bond motifs is 1. The summed E-state index contributed by atoms with van der Waals surface area (Å²) in [5.41, 5.74) is 6.93. The van der Waals surface area contributed by atoms with Crippen LogP contribution in [-0.2, 0) is 6.73 Å². The lowest BCUT2D eigenvalue weighted by Crippen LogP contribution is -2.18. The molecule has 3 aromatic heterocycles. The Bertz CT molecular complexity index is 1500. The van der Waals surface area contributed by atoms with E-state index in [9.17, 15) is 18.4 Å². The number of hydrogen-bond acceptors (Lipinski definition) is 6. The SMILES string of the molecule is Cc1cc(OCn2ccc(C(=O)Nc3c(C(N)=O)sc4nc(C(F)F)cc(C5CC5)c34)n2)ccc1Cl. The molecule has 2 amide bonds. The number of anilines is 1. The summed E-state index contributed by atoms with van der Waals surface area (Å²) >= 11 is 6.91. The van der Waals surface area contributed by atoms with Crippen LogP contribution in [0.15, 0.2) is 36.5 Å². The first kappa shape index (κ1) is 24.1. The molecule has 186 valence electrons. The maximum absolute atomic E-state index is 13.4. The maximum atomic E-state index is 13.4. The van der Waals surface area contributed by atoms with Crippen LogP contribution < -0.4 is 15.8 Å². The van der Waals surface area contributed by atoms with Crippen LogP contribution in [0.4, 0.5) is 14.5 Å². The highest BCUT2D eigenvalue weighted by Crippen LogP contribution is 2.48. The van der Waals surface area contributed by atoms with E-state index in [4.69, 9.17) is 22.1 Å². The first-order valence-corrected chi connectivity index (χ1v) is 12.2.